The van der Waals surface area contributed by atoms with Crippen LogP contribution in [0.3, 0.4) is 0 Å². The first-order valence-corrected chi connectivity index (χ1v) is 9.28. The normalized spacial score (nSPS) is 10.4. The smallest absolute Gasteiger partial charge is 0.237 e. The molecule has 1 amide bonds. The Morgan fingerprint density at radius 2 is 1.96 bits per heavy atom. The van der Waals surface area contributed by atoms with Crippen LogP contribution in [0.25, 0.3) is 0 Å². The van der Waals surface area contributed by atoms with Gasteiger partial charge in [0.1, 0.15) is 16.5 Å². The Labute approximate surface area is 172 Å². The lowest BCUT2D eigenvalue weighted by molar-refractivity contribution is -0.116. The summed E-state index contributed by atoms with van der Waals surface area (Å²) in [5.41, 5.74) is 0.630. The Morgan fingerprint density at radius 1 is 1.11 bits per heavy atom. The van der Waals surface area contributed by atoms with Crippen molar-refractivity contribution in [2.45, 2.75) is 12.8 Å². The van der Waals surface area contributed by atoms with Crippen molar-refractivity contribution in [3.63, 3.8) is 0 Å². The molecule has 8 heteroatoms. The second kappa shape index (κ2) is 9.92. The number of ether oxygens (including phenoxy) is 2. The molecule has 28 heavy (non-hydrogen) atoms. The van der Waals surface area contributed by atoms with Crippen LogP contribution < -0.4 is 14.8 Å². The zero-order valence-electron chi connectivity index (χ0n) is 14.8. The number of carbonyl (C=O) groups excluding carboxylic acids is 1. The van der Waals surface area contributed by atoms with Gasteiger partial charge in [0, 0.05) is 30.6 Å². The Bertz CT molecular complexity index is 939. The molecule has 6 nitrogen and oxygen atoms in total. The van der Waals surface area contributed by atoms with E-state index in [1.807, 2.05) is 0 Å². The van der Waals surface area contributed by atoms with Gasteiger partial charge in [0.25, 0.3) is 0 Å². The highest BCUT2D eigenvalue weighted by molar-refractivity contribution is 6.42. The molecule has 1 aromatic heterocycles. The first-order valence-electron chi connectivity index (χ1n) is 8.52. The summed E-state index contributed by atoms with van der Waals surface area (Å²) in [6.45, 7) is 0.351. The maximum absolute atomic E-state index is 12.1. The van der Waals surface area contributed by atoms with Gasteiger partial charge < -0.3 is 14.8 Å². The zero-order chi connectivity index (χ0) is 19.8. The van der Waals surface area contributed by atoms with Crippen molar-refractivity contribution in [2.24, 2.45) is 0 Å². The number of halogens is 2. The van der Waals surface area contributed by atoms with E-state index in [0.29, 0.717) is 52.6 Å². The fraction of sp³-hybridized carbons (Fsp3) is 0.150. The lowest BCUT2D eigenvalue weighted by Crippen LogP contribution is -2.12. The molecule has 0 atom stereocenters. The van der Waals surface area contributed by atoms with Crippen LogP contribution in [0.5, 0.6) is 17.4 Å². The van der Waals surface area contributed by atoms with Gasteiger partial charge in [0.15, 0.2) is 0 Å². The highest BCUT2D eigenvalue weighted by Gasteiger charge is 2.07. The number of anilines is 1. The van der Waals surface area contributed by atoms with Gasteiger partial charge in [-0.2, -0.15) is 0 Å². The average molecular weight is 418 g/mol. The van der Waals surface area contributed by atoms with Crippen LogP contribution in [0.2, 0.25) is 10.0 Å². The predicted octanol–water partition coefficient (Wildman–Crippen LogP) is 5.37. The molecule has 144 valence electrons. The molecule has 0 fully saturated rings. The molecule has 0 radical (unpaired) electrons. The van der Waals surface area contributed by atoms with Crippen LogP contribution >= 0.6 is 23.2 Å². The molecular weight excluding hydrogens is 401 g/mol. The third-order valence-corrected chi connectivity index (χ3v) is 4.40. The van der Waals surface area contributed by atoms with E-state index in [1.54, 1.807) is 54.9 Å². The van der Waals surface area contributed by atoms with Gasteiger partial charge in [-0.3, -0.25) is 9.78 Å². The van der Waals surface area contributed by atoms with Crippen molar-refractivity contribution >= 4 is 34.8 Å². The number of hydrogen-bond acceptors (Lipinski definition) is 5. The summed E-state index contributed by atoms with van der Waals surface area (Å²) >= 11 is 12.0. The van der Waals surface area contributed by atoms with Crippen LogP contribution in [0.4, 0.5) is 5.69 Å². The molecule has 1 N–H and O–H groups in total. The Kier molecular flexibility index (Phi) is 7.06. The SMILES string of the molecule is O=C(CCCOc1cccc(Cl)c1Cl)Nc1cccc(Oc2cnccn2)c1. The molecule has 3 rings (SSSR count). The molecule has 0 unspecified atom stereocenters. The molecular formula is C20H17Cl2N3O3. The second-order valence-electron chi connectivity index (χ2n) is 5.73. The predicted molar refractivity (Wildman–Crippen MR) is 108 cm³/mol. The minimum absolute atomic E-state index is 0.127. The van der Waals surface area contributed by atoms with Crippen LogP contribution in [0.1, 0.15) is 12.8 Å². The number of benzene rings is 2. The summed E-state index contributed by atoms with van der Waals surface area (Å²) in [6.07, 6.45) is 5.45. The van der Waals surface area contributed by atoms with Crippen molar-refractivity contribution in [3.05, 3.63) is 71.1 Å². The average Bonchev–Trinajstić information content (AvgIpc) is 2.69. The summed E-state index contributed by atoms with van der Waals surface area (Å²) in [6, 6.07) is 12.2. The molecule has 0 aliphatic heterocycles. The van der Waals surface area contributed by atoms with Crippen LogP contribution in [-0.2, 0) is 4.79 Å². The van der Waals surface area contributed by atoms with Crippen LogP contribution in [-0.4, -0.2) is 22.5 Å². The van der Waals surface area contributed by atoms with E-state index in [1.165, 1.54) is 6.20 Å². The standard InChI is InChI=1S/C20H17Cl2N3O3/c21-16-6-2-7-17(20(16)22)27-11-3-8-18(26)25-14-4-1-5-15(12-14)28-19-13-23-9-10-24-19/h1-2,4-7,9-10,12-13H,3,8,11H2,(H,25,26). The van der Waals surface area contributed by atoms with E-state index in [0.717, 1.165) is 0 Å². The topological polar surface area (TPSA) is 73.3 Å². The van der Waals surface area contributed by atoms with E-state index >= 15 is 0 Å². The van der Waals surface area contributed by atoms with Crippen LogP contribution in [0.15, 0.2) is 61.1 Å². The van der Waals surface area contributed by atoms with Gasteiger partial charge in [-0.05, 0) is 30.7 Å². The van der Waals surface area contributed by atoms with Crippen molar-refractivity contribution < 1.29 is 14.3 Å². The maximum Gasteiger partial charge on any atom is 0.237 e. The molecule has 0 saturated carbocycles. The lowest BCUT2D eigenvalue weighted by Gasteiger charge is -2.10. The Morgan fingerprint density at radius 3 is 2.79 bits per heavy atom. The summed E-state index contributed by atoms with van der Waals surface area (Å²) in [4.78, 5) is 20.1. The molecule has 0 saturated heterocycles. The van der Waals surface area contributed by atoms with Crippen molar-refractivity contribution in [3.8, 4) is 17.4 Å². The molecule has 0 bridgehead atoms. The maximum atomic E-state index is 12.1. The summed E-state index contributed by atoms with van der Waals surface area (Å²) < 4.78 is 11.2. The van der Waals surface area contributed by atoms with E-state index in [4.69, 9.17) is 32.7 Å². The summed E-state index contributed by atoms with van der Waals surface area (Å²) in [5, 5.41) is 3.63. The number of hydrogen-bond donors (Lipinski definition) is 1. The molecule has 0 aliphatic rings. The van der Waals surface area contributed by atoms with Gasteiger partial charge in [0.2, 0.25) is 11.8 Å². The highest BCUT2D eigenvalue weighted by atomic mass is 35.5. The molecule has 0 spiro atoms. The number of nitrogens with one attached hydrogen (secondary N) is 1. The largest absolute Gasteiger partial charge is 0.492 e. The van der Waals surface area contributed by atoms with Crippen LogP contribution in [0, 0.1) is 0 Å². The molecule has 3 aromatic rings. The van der Waals surface area contributed by atoms with E-state index in [-0.39, 0.29) is 5.91 Å². The van der Waals surface area contributed by atoms with Gasteiger partial charge >= 0.3 is 0 Å². The van der Waals surface area contributed by atoms with Crippen molar-refractivity contribution in [2.75, 3.05) is 11.9 Å². The zero-order valence-corrected chi connectivity index (χ0v) is 16.3. The lowest BCUT2D eigenvalue weighted by atomic mass is 10.2. The number of carbonyl (C=O) groups is 1. The molecule has 1 heterocycles. The minimum Gasteiger partial charge on any atom is -0.492 e. The summed E-state index contributed by atoms with van der Waals surface area (Å²) in [7, 11) is 0. The van der Waals surface area contributed by atoms with E-state index < -0.39 is 0 Å². The highest BCUT2D eigenvalue weighted by Crippen LogP contribution is 2.31. The number of amides is 1. The van der Waals surface area contributed by atoms with Crippen molar-refractivity contribution in [1.82, 2.24) is 9.97 Å². The fourth-order valence-electron chi connectivity index (χ4n) is 2.33. The summed E-state index contributed by atoms with van der Waals surface area (Å²) in [5.74, 6) is 1.31. The first kappa shape index (κ1) is 19.9. The van der Waals surface area contributed by atoms with E-state index in [2.05, 4.69) is 15.3 Å². The number of rotatable bonds is 8. The fourth-order valence-corrected chi connectivity index (χ4v) is 2.68. The van der Waals surface area contributed by atoms with E-state index in [9.17, 15) is 4.79 Å². The van der Waals surface area contributed by atoms with Gasteiger partial charge in [-0.15, -0.1) is 0 Å². The number of nitrogens with zero attached hydrogens (tertiary/aromatic N) is 2. The van der Waals surface area contributed by atoms with Crippen molar-refractivity contribution in [1.29, 1.82) is 0 Å². The monoisotopic (exact) mass is 417 g/mol. The molecule has 2 aromatic carbocycles. The quantitative estimate of drug-likeness (QED) is 0.498. The second-order valence-corrected chi connectivity index (χ2v) is 6.51. The number of aromatic nitrogens is 2. The Balaban J connectivity index is 1.46. The minimum atomic E-state index is -0.127. The first-order chi connectivity index (χ1) is 13.6. The third kappa shape index (κ3) is 5.84. The third-order valence-electron chi connectivity index (χ3n) is 3.60. The van der Waals surface area contributed by atoms with Gasteiger partial charge in [-0.25, -0.2) is 4.98 Å². The molecule has 0 aliphatic carbocycles. The Hall–Kier alpha value is -2.83. The van der Waals surface area contributed by atoms with Gasteiger partial charge in [-0.1, -0.05) is 35.3 Å². The van der Waals surface area contributed by atoms with Gasteiger partial charge in [0.05, 0.1) is 17.8 Å².